The number of nitrogens with one attached hydrogen (secondary N) is 1. The summed E-state index contributed by atoms with van der Waals surface area (Å²) in [6.07, 6.45) is 1.06. The van der Waals surface area contributed by atoms with E-state index in [2.05, 4.69) is 5.43 Å². The number of halogens is 2. The molecule has 0 heterocycles. The standard InChI is InChI=1S/C13H20F2N2O/c1-4-13(2,18-3)12(17-16)7-9-5-6-10(14)8-11(9)15/h5-6,8,12,17H,4,7,16H2,1-3H3. The van der Waals surface area contributed by atoms with Crippen LogP contribution in [0.25, 0.3) is 0 Å². The van der Waals surface area contributed by atoms with Gasteiger partial charge in [-0.3, -0.25) is 11.3 Å². The van der Waals surface area contributed by atoms with Crippen LogP contribution in [-0.4, -0.2) is 18.8 Å². The maximum absolute atomic E-state index is 13.6. The Bertz CT molecular complexity index is 395. The second kappa shape index (κ2) is 6.22. The van der Waals surface area contributed by atoms with E-state index in [0.29, 0.717) is 12.0 Å². The first-order chi connectivity index (χ1) is 8.46. The predicted molar refractivity (Wildman–Crippen MR) is 66.9 cm³/mol. The molecule has 0 saturated carbocycles. The van der Waals surface area contributed by atoms with Gasteiger partial charge in [-0.15, -0.1) is 0 Å². The summed E-state index contributed by atoms with van der Waals surface area (Å²) in [5, 5.41) is 0. The van der Waals surface area contributed by atoms with E-state index in [9.17, 15) is 8.78 Å². The van der Waals surface area contributed by atoms with Gasteiger partial charge < -0.3 is 4.74 Å². The SMILES string of the molecule is CCC(C)(OC)C(Cc1ccc(F)cc1F)NN. The molecule has 1 aromatic carbocycles. The molecule has 3 nitrogen and oxygen atoms in total. The summed E-state index contributed by atoms with van der Waals surface area (Å²) in [6.45, 7) is 3.87. The highest BCUT2D eigenvalue weighted by molar-refractivity contribution is 5.20. The molecule has 0 aromatic heterocycles. The Morgan fingerprint density at radius 1 is 1.44 bits per heavy atom. The lowest BCUT2D eigenvalue weighted by atomic mass is 9.88. The summed E-state index contributed by atoms with van der Waals surface area (Å²) in [6, 6.07) is 3.29. The molecule has 0 aliphatic heterocycles. The van der Waals surface area contributed by atoms with Crippen LogP contribution in [0.1, 0.15) is 25.8 Å². The minimum absolute atomic E-state index is 0.257. The van der Waals surface area contributed by atoms with E-state index in [1.807, 2.05) is 13.8 Å². The molecular formula is C13H20F2N2O. The van der Waals surface area contributed by atoms with Gasteiger partial charge in [0.25, 0.3) is 0 Å². The topological polar surface area (TPSA) is 47.3 Å². The molecule has 0 amide bonds. The Hall–Kier alpha value is -1.04. The minimum atomic E-state index is -0.585. The van der Waals surface area contributed by atoms with Gasteiger partial charge in [-0.25, -0.2) is 8.78 Å². The molecular weight excluding hydrogens is 238 g/mol. The quantitative estimate of drug-likeness (QED) is 0.607. The van der Waals surface area contributed by atoms with Crippen molar-refractivity contribution in [2.45, 2.75) is 38.3 Å². The fourth-order valence-electron chi connectivity index (χ4n) is 1.89. The van der Waals surface area contributed by atoms with Crippen LogP contribution >= 0.6 is 0 Å². The second-order valence-electron chi connectivity index (χ2n) is 4.53. The van der Waals surface area contributed by atoms with Crippen LogP contribution in [0, 0.1) is 11.6 Å². The smallest absolute Gasteiger partial charge is 0.129 e. The molecule has 0 saturated heterocycles. The summed E-state index contributed by atoms with van der Waals surface area (Å²) in [4.78, 5) is 0. The first kappa shape index (κ1) is 15.0. The molecule has 2 unspecified atom stereocenters. The summed E-state index contributed by atoms with van der Waals surface area (Å²) >= 11 is 0. The lowest BCUT2D eigenvalue weighted by Crippen LogP contribution is -2.53. The minimum Gasteiger partial charge on any atom is -0.377 e. The second-order valence-corrected chi connectivity index (χ2v) is 4.53. The summed E-state index contributed by atoms with van der Waals surface area (Å²) in [7, 11) is 1.59. The van der Waals surface area contributed by atoms with Gasteiger partial charge in [0.05, 0.1) is 11.6 Å². The molecule has 0 spiro atoms. The monoisotopic (exact) mass is 258 g/mol. The maximum Gasteiger partial charge on any atom is 0.129 e. The Kier molecular flexibility index (Phi) is 5.19. The summed E-state index contributed by atoms with van der Waals surface area (Å²) in [5.41, 5.74) is 2.56. The van der Waals surface area contributed by atoms with Gasteiger partial charge in [0.15, 0.2) is 0 Å². The lowest BCUT2D eigenvalue weighted by molar-refractivity contribution is -0.0289. The average Bonchev–Trinajstić information content (AvgIpc) is 2.37. The third kappa shape index (κ3) is 3.25. The van der Waals surface area contributed by atoms with Crippen LogP contribution in [0.4, 0.5) is 8.78 Å². The number of benzene rings is 1. The molecule has 1 rings (SSSR count). The van der Waals surface area contributed by atoms with Crippen LogP contribution in [-0.2, 0) is 11.2 Å². The number of hydrazine groups is 1. The highest BCUT2D eigenvalue weighted by atomic mass is 19.1. The number of ether oxygens (including phenoxy) is 1. The first-order valence-corrected chi connectivity index (χ1v) is 5.92. The Morgan fingerprint density at radius 3 is 2.56 bits per heavy atom. The molecule has 0 radical (unpaired) electrons. The molecule has 0 aliphatic rings. The van der Waals surface area contributed by atoms with E-state index in [1.165, 1.54) is 12.1 Å². The zero-order valence-corrected chi connectivity index (χ0v) is 11.0. The number of hydrogen-bond donors (Lipinski definition) is 2. The number of methoxy groups -OCH3 is 1. The first-order valence-electron chi connectivity index (χ1n) is 5.92. The molecule has 1 aromatic rings. The molecule has 2 atom stereocenters. The molecule has 0 fully saturated rings. The van der Waals surface area contributed by atoms with Crippen LogP contribution in [0.3, 0.4) is 0 Å². The van der Waals surface area contributed by atoms with Crippen LogP contribution < -0.4 is 11.3 Å². The van der Waals surface area contributed by atoms with E-state index in [4.69, 9.17) is 10.6 Å². The summed E-state index contributed by atoms with van der Waals surface area (Å²) in [5.74, 6) is 4.36. The van der Waals surface area contributed by atoms with Gasteiger partial charge in [-0.1, -0.05) is 13.0 Å². The van der Waals surface area contributed by atoms with E-state index in [1.54, 1.807) is 7.11 Å². The largest absolute Gasteiger partial charge is 0.377 e. The van der Waals surface area contributed by atoms with Gasteiger partial charge in [-0.2, -0.15) is 0 Å². The van der Waals surface area contributed by atoms with Crippen LogP contribution in [0.5, 0.6) is 0 Å². The Balaban J connectivity index is 2.92. The van der Waals surface area contributed by atoms with Crippen molar-refractivity contribution < 1.29 is 13.5 Å². The van der Waals surface area contributed by atoms with Crippen molar-refractivity contribution in [1.82, 2.24) is 5.43 Å². The number of nitrogens with two attached hydrogens (primary N) is 1. The van der Waals surface area contributed by atoms with Gasteiger partial charge in [0.1, 0.15) is 11.6 Å². The molecule has 5 heteroatoms. The van der Waals surface area contributed by atoms with Crippen molar-refractivity contribution >= 4 is 0 Å². The highest BCUT2D eigenvalue weighted by Crippen LogP contribution is 2.23. The van der Waals surface area contributed by atoms with Crippen LogP contribution in [0.15, 0.2) is 18.2 Å². The fraction of sp³-hybridized carbons (Fsp3) is 0.538. The molecule has 0 aliphatic carbocycles. The Morgan fingerprint density at radius 2 is 2.11 bits per heavy atom. The summed E-state index contributed by atoms with van der Waals surface area (Å²) < 4.78 is 31.9. The van der Waals surface area contributed by atoms with Crippen LogP contribution in [0.2, 0.25) is 0 Å². The van der Waals surface area contributed by atoms with Crippen molar-refractivity contribution in [3.05, 3.63) is 35.4 Å². The number of hydrogen-bond acceptors (Lipinski definition) is 3. The molecule has 18 heavy (non-hydrogen) atoms. The maximum atomic E-state index is 13.6. The highest BCUT2D eigenvalue weighted by Gasteiger charge is 2.32. The number of rotatable bonds is 6. The van der Waals surface area contributed by atoms with Crippen molar-refractivity contribution in [3.8, 4) is 0 Å². The zero-order valence-electron chi connectivity index (χ0n) is 11.0. The predicted octanol–water partition coefficient (Wildman–Crippen LogP) is 2.15. The molecule has 0 bridgehead atoms. The average molecular weight is 258 g/mol. The lowest BCUT2D eigenvalue weighted by Gasteiger charge is -2.35. The van der Waals surface area contributed by atoms with Crippen molar-refractivity contribution in [2.75, 3.05) is 7.11 Å². The van der Waals surface area contributed by atoms with Crippen molar-refractivity contribution in [1.29, 1.82) is 0 Å². The van der Waals surface area contributed by atoms with Gasteiger partial charge in [0.2, 0.25) is 0 Å². The van der Waals surface area contributed by atoms with Gasteiger partial charge >= 0.3 is 0 Å². The van der Waals surface area contributed by atoms with E-state index >= 15 is 0 Å². The molecule has 3 N–H and O–H groups in total. The molecule has 102 valence electrons. The normalized spacial score (nSPS) is 16.3. The zero-order chi connectivity index (χ0) is 13.8. The van der Waals surface area contributed by atoms with Crippen molar-refractivity contribution in [3.63, 3.8) is 0 Å². The third-order valence-electron chi connectivity index (χ3n) is 3.55. The van der Waals surface area contributed by atoms with Gasteiger partial charge in [-0.05, 0) is 31.4 Å². The Labute approximate surface area is 106 Å². The van der Waals surface area contributed by atoms with E-state index in [0.717, 1.165) is 12.5 Å². The van der Waals surface area contributed by atoms with Crippen molar-refractivity contribution in [2.24, 2.45) is 5.84 Å². The fourth-order valence-corrected chi connectivity index (χ4v) is 1.89. The van der Waals surface area contributed by atoms with Gasteiger partial charge in [0, 0.05) is 13.2 Å². The van der Waals surface area contributed by atoms with E-state index in [-0.39, 0.29) is 6.04 Å². The third-order valence-corrected chi connectivity index (χ3v) is 3.55. The van der Waals surface area contributed by atoms with E-state index < -0.39 is 17.2 Å².